The highest BCUT2D eigenvalue weighted by Gasteiger charge is 1.97. The molecule has 0 fully saturated rings. The van der Waals surface area contributed by atoms with Gasteiger partial charge in [-0.05, 0) is 6.26 Å². The van der Waals surface area contributed by atoms with E-state index in [4.69, 9.17) is 0 Å². The van der Waals surface area contributed by atoms with Gasteiger partial charge in [0, 0.05) is 19.1 Å². The van der Waals surface area contributed by atoms with Crippen LogP contribution < -0.4 is 5.43 Å². The normalized spacial score (nSPS) is 10.3. The Morgan fingerprint density at radius 2 is 2.23 bits per heavy atom. The number of nitrogens with zero attached hydrogens (tertiary/aromatic N) is 1. The minimum absolute atomic E-state index is 0.0738. The van der Waals surface area contributed by atoms with Crippen molar-refractivity contribution < 1.29 is 9.59 Å². The van der Waals surface area contributed by atoms with Crippen molar-refractivity contribution in [1.82, 2.24) is 5.43 Å². The molecule has 0 heterocycles. The highest BCUT2D eigenvalue weighted by Crippen LogP contribution is 2.16. The first kappa shape index (κ1) is 12.5. The maximum absolute atomic E-state index is 11.0. The molecule has 0 unspecified atom stereocenters. The van der Waals surface area contributed by atoms with Gasteiger partial charge in [-0.25, -0.2) is 5.43 Å². The van der Waals surface area contributed by atoms with Gasteiger partial charge in [-0.3, -0.25) is 9.59 Å². The lowest BCUT2D eigenvalue weighted by Gasteiger charge is -1.93. The van der Waals surface area contributed by atoms with Crippen LogP contribution in [-0.4, -0.2) is 29.9 Å². The SMILES string of the molecule is CSSCCC(=O)/C=N/NC(C)=O. The molecule has 0 bridgehead atoms. The van der Waals surface area contributed by atoms with Crippen molar-refractivity contribution in [3.8, 4) is 0 Å². The molecule has 0 saturated heterocycles. The number of ketones is 1. The molecule has 0 aliphatic carbocycles. The van der Waals surface area contributed by atoms with Gasteiger partial charge in [0.25, 0.3) is 0 Å². The number of nitrogens with one attached hydrogen (secondary N) is 1. The number of rotatable bonds is 6. The molecule has 0 rings (SSSR count). The van der Waals surface area contributed by atoms with Gasteiger partial charge in [-0.1, -0.05) is 21.6 Å². The van der Waals surface area contributed by atoms with Gasteiger partial charge in [0.2, 0.25) is 5.91 Å². The number of hydrogen-bond acceptors (Lipinski definition) is 5. The largest absolute Gasteiger partial charge is 0.293 e. The van der Waals surface area contributed by atoms with E-state index in [0.717, 1.165) is 12.0 Å². The lowest BCUT2D eigenvalue weighted by molar-refractivity contribution is -0.118. The van der Waals surface area contributed by atoms with Gasteiger partial charge in [0.1, 0.15) is 0 Å². The van der Waals surface area contributed by atoms with Crippen LogP contribution in [0.1, 0.15) is 13.3 Å². The summed E-state index contributed by atoms with van der Waals surface area (Å²) in [5.74, 6) is 0.421. The fourth-order valence-corrected chi connectivity index (χ4v) is 1.69. The molecule has 6 heteroatoms. The Hall–Kier alpha value is -0.490. The molecule has 0 aliphatic heterocycles. The van der Waals surface area contributed by atoms with E-state index in [2.05, 4.69) is 10.5 Å². The van der Waals surface area contributed by atoms with E-state index in [1.807, 2.05) is 6.26 Å². The van der Waals surface area contributed by atoms with E-state index in [0.29, 0.717) is 6.42 Å². The molecule has 0 aliphatic rings. The van der Waals surface area contributed by atoms with Crippen LogP contribution in [0.5, 0.6) is 0 Å². The zero-order valence-corrected chi connectivity index (χ0v) is 9.20. The number of hydrogen-bond donors (Lipinski definition) is 1. The smallest absolute Gasteiger partial charge is 0.236 e. The summed E-state index contributed by atoms with van der Waals surface area (Å²) >= 11 is 0. The van der Waals surface area contributed by atoms with Crippen LogP contribution in [0.3, 0.4) is 0 Å². The average Bonchev–Trinajstić information content (AvgIpc) is 2.04. The number of carbonyl (C=O) groups excluding carboxylic acids is 2. The van der Waals surface area contributed by atoms with E-state index < -0.39 is 0 Å². The summed E-state index contributed by atoms with van der Waals surface area (Å²) in [6.07, 6.45) is 3.55. The third kappa shape index (κ3) is 9.42. The Kier molecular flexibility index (Phi) is 7.82. The minimum atomic E-state index is -0.275. The highest BCUT2D eigenvalue weighted by molar-refractivity contribution is 8.76. The van der Waals surface area contributed by atoms with E-state index >= 15 is 0 Å². The molecular formula is C7H12N2O2S2. The second-order valence-electron chi connectivity index (χ2n) is 2.13. The molecule has 4 nitrogen and oxygen atoms in total. The highest BCUT2D eigenvalue weighted by atomic mass is 33.1. The van der Waals surface area contributed by atoms with E-state index in [1.165, 1.54) is 6.92 Å². The fraction of sp³-hybridized carbons (Fsp3) is 0.571. The van der Waals surface area contributed by atoms with Crippen LogP contribution in [0.15, 0.2) is 5.10 Å². The lowest BCUT2D eigenvalue weighted by Crippen LogP contribution is -2.14. The quantitative estimate of drug-likeness (QED) is 0.315. The molecule has 0 aromatic carbocycles. The van der Waals surface area contributed by atoms with Crippen LogP contribution in [-0.2, 0) is 9.59 Å². The molecule has 1 amide bonds. The third-order valence-corrected chi connectivity index (χ3v) is 2.79. The van der Waals surface area contributed by atoms with E-state index in [9.17, 15) is 9.59 Å². The Morgan fingerprint density at radius 3 is 2.77 bits per heavy atom. The zero-order chi connectivity index (χ0) is 10.1. The summed E-state index contributed by atoms with van der Waals surface area (Å²) in [7, 11) is 3.25. The predicted octanol–water partition coefficient (Wildman–Crippen LogP) is 1.08. The van der Waals surface area contributed by atoms with Gasteiger partial charge in [0.15, 0.2) is 5.78 Å². The van der Waals surface area contributed by atoms with Crippen molar-refractivity contribution in [3.05, 3.63) is 0 Å². The van der Waals surface area contributed by atoms with Crippen LogP contribution in [0.4, 0.5) is 0 Å². The Morgan fingerprint density at radius 1 is 1.54 bits per heavy atom. The second-order valence-corrected chi connectivity index (χ2v) is 4.82. The van der Waals surface area contributed by atoms with E-state index in [-0.39, 0.29) is 11.7 Å². The summed E-state index contributed by atoms with van der Waals surface area (Å²) in [4.78, 5) is 21.3. The fourth-order valence-electron chi connectivity index (χ4n) is 0.485. The van der Waals surface area contributed by atoms with E-state index in [1.54, 1.807) is 21.6 Å². The van der Waals surface area contributed by atoms with Crippen molar-refractivity contribution in [2.75, 3.05) is 12.0 Å². The molecule has 0 aromatic heterocycles. The van der Waals surface area contributed by atoms with Crippen molar-refractivity contribution in [2.24, 2.45) is 5.10 Å². The summed E-state index contributed by atoms with van der Waals surface area (Å²) in [6.45, 7) is 1.34. The zero-order valence-electron chi connectivity index (χ0n) is 7.57. The molecule has 1 N–H and O–H groups in total. The topological polar surface area (TPSA) is 58.5 Å². The van der Waals surface area contributed by atoms with Crippen LogP contribution in [0.25, 0.3) is 0 Å². The van der Waals surface area contributed by atoms with Crippen molar-refractivity contribution in [2.45, 2.75) is 13.3 Å². The summed E-state index contributed by atoms with van der Waals surface area (Å²) in [6, 6.07) is 0. The van der Waals surface area contributed by atoms with Gasteiger partial charge in [-0.15, -0.1) is 0 Å². The van der Waals surface area contributed by atoms with Gasteiger partial charge < -0.3 is 0 Å². The number of amides is 1. The Labute approximate surface area is 85.3 Å². The van der Waals surface area contributed by atoms with Gasteiger partial charge in [0.05, 0.1) is 6.21 Å². The number of carbonyl (C=O) groups is 2. The first-order chi connectivity index (χ1) is 6.16. The standard InChI is InChI=1S/C7H12N2O2S2/c1-6(10)9-8-5-7(11)3-4-13-12-2/h5H,3-4H2,1-2H3,(H,9,10)/b8-5+. The van der Waals surface area contributed by atoms with Crippen molar-refractivity contribution in [3.63, 3.8) is 0 Å². The Balaban J connectivity index is 3.49. The molecule has 0 radical (unpaired) electrons. The molecule has 74 valence electrons. The van der Waals surface area contributed by atoms with Gasteiger partial charge >= 0.3 is 0 Å². The van der Waals surface area contributed by atoms with Crippen molar-refractivity contribution >= 4 is 39.5 Å². The predicted molar refractivity (Wildman–Crippen MR) is 57.9 cm³/mol. The molecule has 0 saturated carbocycles. The molecule has 0 spiro atoms. The molecule has 0 aromatic rings. The number of Topliss-reactive ketones (excluding diaryl/α,β-unsaturated/α-hetero) is 1. The first-order valence-electron chi connectivity index (χ1n) is 3.65. The summed E-state index contributed by atoms with van der Waals surface area (Å²) in [5.41, 5.74) is 2.16. The lowest BCUT2D eigenvalue weighted by atomic mass is 10.3. The first-order valence-corrected chi connectivity index (χ1v) is 6.37. The van der Waals surface area contributed by atoms with Crippen LogP contribution in [0, 0.1) is 0 Å². The third-order valence-electron chi connectivity index (χ3n) is 0.980. The molecule has 0 atom stereocenters. The monoisotopic (exact) mass is 220 g/mol. The molecular weight excluding hydrogens is 208 g/mol. The summed E-state index contributed by atoms with van der Waals surface area (Å²) < 4.78 is 0. The maximum Gasteiger partial charge on any atom is 0.236 e. The van der Waals surface area contributed by atoms with Crippen LogP contribution in [0.2, 0.25) is 0 Å². The van der Waals surface area contributed by atoms with Crippen LogP contribution >= 0.6 is 21.6 Å². The molecule has 13 heavy (non-hydrogen) atoms. The number of hydrazone groups is 1. The maximum atomic E-state index is 11.0. The van der Waals surface area contributed by atoms with Gasteiger partial charge in [-0.2, -0.15) is 5.10 Å². The summed E-state index contributed by atoms with van der Waals surface area (Å²) in [5, 5.41) is 3.46. The second kappa shape index (κ2) is 8.12. The average molecular weight is 220 g/mol. The van der Waals surface area contributed by atoms with Crippen molar-refractivity contribution in [1.29, 1.82) is 0 Å². The minimum Gasteiger partial charge on any atom is -0.293 e. The Bertz CT molecular complexity index is 207.